The van der Waals surface area contributed by atoms with Crippen LogP contribution in [0.4, 0.5) is 0 Å². The molecule has 1 aliphatic rings. The fraction of sp³-hybridized carbons (Fsp3) is 0.444. The molecule has 1 heteroatoms. The first-order chi connectivity index (χ1) is 4.84. The zero-order valence-electron chi connectivity index (χ0n) is 6.21. The summed E-state index contributed by atoms with van der Waals surface area (Å²) < 4.78 is 0. The second kappa shape index (κ2) is 3.35. The van der Waals surface area contributed by atoms with E-state index in [0.717, 1.165) is 12.8 Å². The Morgan fingerprint density at radius 2 is 2.60 bits per heavy atom. The first-order valence-electron chi connectivity index (χ1n) is 3.71. The van der Waals surface area contributed by atoms with Crippen LogP contribution in [0.1, 0.15) is 19.8 Å². The van der Waals surface area contributed by atoms with Crippen LogP contribution < -0.4 is 0 Å². The van der Waals surface area contributed by atoms with Gasteiger partial charge in [-0.3, -0.25) is 4.79 Å². The van der Waals surface area contributed by atoms with Gasteiger partial charge in [0, 0.05) is 5.92 Å². The molecule has 10 heavy (non-hydrogen) atoms. The van der Waals surface area contributed by atoms with Crippen molar-refractivity contribution in [3.8, 4) is 0 Å². The zero-order valence-corrected chi connectivity index (χ0v) is 6.21. The average molecular weight is 136 g/mol. The van der Waals surface area contributed by atoms with Crippen molar-refractivity contribution < 1.29 is 4.79 Å². The van der Waals surface area contributed by atoms with Crippen LogP contribution in [0.25, 0.3) is 0 Å². The molecule has 0 saturated carbocycles. The number of ketones is 1. The quantitative estimate of drug-likeness (QED) is 0.531. The third kappa shape index (κ3) is 1.56. The van der Waals surface area contributed by atoms with Crippen LogP contribution in [-0.2, 0) is 4.79 Å². The van der Waals surface area contributed by atoms with Crippen molar-refractivity contribution in [3.63, 3.8) is 0 Å². The van der Waals surface area contributed by atoms with Crippen LogP contribution in [0.2, 0.25) is 0 Å². The maximum absolute atomic E-state index is 10.9. The number of hydrogen-bond donors (Lipinski definition) is 0. The highest BCUT2D eigenvalue weighted by atomic mass is 16.1. The smallest absolute Gasteiger partial charge is 0.162 e. The van der Waals surface area contributed by atoms with E-state index >= 15 is 0 Å². The molecule has 1 nitrogen and oxygen atoms in total. The van der Waals surface area contributed by atoms with E-state index in [2.05, 4.69) is 13.0 Å². The van der Waals surface area contributed by atoms with Crippen LogP contribution in [0.3, 0.4) is 0 Å². The first-order valence-corrected chi connectivity index (χ1v) is 3.71. The summed E-state index contributed by atoms with van der Waals surface area (Å²) >= 11 is 0. The van der Waals surface area contributed by atoms with E-state index in [1.54, 1.807) is 6.08 Å². The highest BCUT2D eigenvalue weighted by molar-refractivity contribution is 5.95. The molecular formula is C9H12O. The van der Waals surface area contributed by atoms with Gasteiger partial charge in [-0.25, -0.2) is 0 Å². The Hall–Kier alpha value is -0.850. The number of allylic oxidation sites excluding steroid dienone is 4. The van der Waals surface area contributed by atoms with Crippen LogP contribution in [-0.4, -0.2) is 5.78 Å². The summed E-state index contributed by atoms with van der Waals surface area (Å²) in [6.07, 6.45) is 9.58. The predicted octanol–water partition coefficient (Wildman–Crippen LogP) is 2.10. The molecule has 0 N–H and O–H groups in total. The molecule has 0 fully saturated rings. The highest BCUT2D eigenvalue weighted by Gasteiger charge is 2.14. The predicted molar refractivity (Wildman–Crippen MR) is 41.7 cm³/mol. The van der Waals surface area contributed by atoms with Gasteiger partial charge in [-0.05, 0) is 18.9 Å². The Labute approximate surface area is 61.4 Å². The molecule has 0 heterocycles. The molecule has 0 amide bonds. The third-order valence-electron chi connectivity index (χ3n) is 1.64. The first kappa shape index (κ1) is 7.26. The van der Waals surface area contributed by atoms with Gasteiger partial charge in [0.15, 0.2) is 5.78 Å². The lowest BCUT2D eigenvalue weighted by molar-refractivity contribution is -0.116. The molecular weight excluding hydrogens is 124 g/mol. The van der Waals surface area contributed by atoms with Crippen molar-refractivity contribution in [1.29, 1.82) is 0 Å². The molecule has 0 aromatic rings. The highest BCUT2D eigenvalue weighted by Crippen LogP contribution is 2.15. The van der Waals surface area contributed by atoms with Gasteiger partial charge in [0.25, 0.3) is 0 Å². The molecule has 0 aliphatic heterocycles. The van der Waals surface area contributed by atoms with Crippen LogP contribution in [0.5, 0.6) is 0 Å². The molecule has 0 radical (unpaired) electrons. The van der Waals surface area contributed by atoms with E-state index in [1.165, 1.54) is 0 Å². The molecule has 0 aromatic carbocycles. The lowest BCUT2D eigenvalue weighted by atomic mass is 10.1. The second-order valence-corrected chi connectivity index (χ2v) is 2.48. The van der Waals surface area contributed by atoms with E-state index < -0.39 is 0 Å². The Morgan fingerprint density at radius 1 is 1.80 bits per heavy atom. The summed E-state index contributed by atoms with van der Waals surface area (Å²) in [6.45, 7) is 2.07. The molecule has 1 atom stereocenters. The molecule has 1 aliphatic carbocycles. The van der Waals surface area contributed by atoms with Gasteiger partial charge >= 0.3 is 0 Å². The summed E-state index contributed by atoms with van der Waals surface area (Å²) in [5.41, 5.74) is 0. The lowest BCUT2D eigenvalue weighted by Crippen LogP contribution is -2.01. The van der Waals surface area contributed by atoms with Gasteiger partial charge in [-0.15, -0.1) is 0 Å². The normalized spacial score (nSPS) is 24.9. The van der Waals surface area contributed by atoms with Crippen molar-refractivity contribution in [2.75, 3.05) is 0 Å². The fourth-order valence-corrected chi connectivity index (χ4v) is 1.04. The van der Waals surface area contributed by atoms with E-state index in [4.69, 9.17) is 0 Å². The molecule has 0 saturated heterocycles. The summed E-state index contributed by atoms with van der Waals surface area (Å²) in [4.78, 5) is 10.9. The summed E-state index contributed by atoms with van der Waals surface area (Å²) in [7, 11) is 0. The minimum absolute atomic E-state index is 0.153. The molecule has 1 rings (SSSR count). The zero-order chi connectivity index (χ0) is 7.40. The van der Waals surface area contributed by atoms with Crippen molar-refractivity contribution in [2.45, 2.75) is 19.8 Å². The Morgan fingerprint density at radius 3 is 3.10 bits per heavy atom. The van der Waals surface area contributed by atoms with Crippen LogP contribution >= 0.6 is 0 Å². The monoisotopic (exact) mass is 136 g/mol. The minimum Gasteiger partial charge on any atom is -0.294 e. The van der Waals surface area contributed by atoms with Crippen molar-refractivity contribution in [3.05, 3.63) is 24.3 Å². The van der Waals surface area contributed by atoms with Crippen LogP contribution in [0, 0.1) is 5.92 Å². The van der Waals surface area contributed by atoms with Crippen molar-refractivity contribution in [1.82, 2.24) is 0 Å². The summed E-state index contributed by atoms with van der Waals surface area (Å²) in [6, 6.07) is 0. The maximum atomic E-state index is 10.9. The Bertz CT molecular complexity index is 177. The van der Waals surface area contributed by atoms with Crippen molar-refractivity contribution >= 4 is 5.78 Å². The topological polar surface area (TPSA) is 17.1 Å². The van der Waals surface area contributed by atoms with Gasteiger partial charge in [0.05, 0.1) is 0 Å². The molecule has 0 spiro atoms. The third-order valence-corrected chi connectivity index (χ3v) is 1.64. The minimum atomic E-state index is 0.153. The van der Waals surface area contributed by atoms with Gasteiger partial charge in [0.1, 0.15) is 0 Å². The average Bonchev–Trinajstić information content (AvgIpc) is 2.31. The Balaban J connectivity index is 2.44. The molecule has 54 valence electrons. The summed E-state index contributed by atoms with van der Waals surface area (Å²) in [5, 5.41) is 0. The number of hydrogen-bond acceptors (Lipinski definition) is 1. The molecule has 0 bridgehead atoms. The molecule has 0 aromatic heterocycles. The maximum Gasteiger partial charge on any atom is 0.162 e. The molecule has 1 unspecified atom stereocenters. The van der Waals surface area contributed by atoms with Gasteiger partial charge < -0.3 is 0 Å². The SMILES string of the molecule is CCC=CC1CC=CC1=O. The van der Waals surface area contributed by atoms with Crippen molar-refractivity contribution in [2.24, 2.45) is 5.92 Å². The lowest BCUT2D eigenvalue weighted by Gasteiger charge is -1.97. The van der Waals surface area contributed by atoms with Crippen LogP contribution in [0.15, 0.2) is 24.3 Å². The van der Waals surface area contributed by atoms with E-state index in [9.17, 15) is 4.79 Å². The fourth-order valence-electron chi connectivity index (χ4n) is 1.04. The van der Waals surface area contributed by atoms with E-state index in [-0.39, 0.29) is 11.7 Å². The summed E-state index contributed by atoms with van der Waals surface area (Å²) in [5.74, 6) is 0.407. The Kier molecular flexibility index (Phi) is 2.43. The van der Waals surface area contributed by atoms with Gasteiger partial charge in [-0.2, -0.15) is 0 Å². The van der Waals surface area contributed by atoms with Gasteiger partial charge in [0.2, 0.25) is 0 Å². The number of rotatable bonds is 2. The standard InChI is InChI=1S/C9H12O/c1-2-3-5-8-6-4-7-9(8)10/h3-5,7-8H,2,6H2,1H3. The number of carbonyl (C=O) groups excluding carboxylic acids is 1. The second-order valence-electron chi connectivity index (χ2n) is 2.48. The number of carbonyl (C=O) groups is 1. The van der Waals surface area contributed by atoms with E-state index in [1.807, 2.05) is 12.2 Å². The van der Waals surface area contributed by atoms with Gasteiger partial charge in [-0.1, -0.05) is 25.2 Å². The largest absolute Gasteiger partial charge is 0.294 e. The van der Waals surface area contributed by atoms with E-state index in [0.29, 0.717) is 0 Å².